The number of pyridine rings is 1. The van der Waals surface area contributed by atoms with Crippen molar-refractivity contribution >= 4 is 27.5 Å². The molecule has 0 bridgehead atoms. The molecule has 0 amide bonds. The first kappa shape index (κ1) is 7.82. The second-order valence-corrected chi connectivity index (χ2v) is 3.11. The lowest BCUT2D eigenvalue weighted by molar-refractivity contribution is 0.449. The van der Waals surface area contributed by atoms with E-state index in [1.54, 1.807) is 13.0 Å². The Morgan fingerprint density at radius 1 is 1.70 bits per heavy atom. The van der Waals surface area contributed by atoms with E-state index in [0.717, 1.165) is 0 Å². The quantitative estimate of drug-likeness (QED) is 0.684. The summed E-state index contributed by atoms with van der Waals surface area (Å²) in [5.41, 5.74) is 0.705. The SMILES string of the molecule is Cc1cc(Br)c(Cl)nc1O. The van der Waals surface area contributed by atoms with E-state index < -0.39 is 0 Å². The molecule has 10 heavy (non-hydrogen) atoms. The molecule has 0 atom stereocenters. The molecular formula is C6H5BrClNO. The predicted molar refractivity (Wildman–Crippen MR) is 43.3 cm³/mol. The summed E-state index contributed by atoms with van der Waals surface area (Å²) in [5, 5.41) is 9.29. The van der Waals surface area contributed by atoms with Gasteiger partial charge in [0.15, 0.2) is 0 Å². The summed E-state index contributed by atoms with van der Waals surface area (Å²) in [7, 11) is 0. The maximum Gasteiger partial charge on any atom is 0.215 e. The molecule has 0 aliphatic heterocycles. The molecule has 0 saturated heterocycles. The first-order chi connectivity index (χ1) is 4.61. The van der Waals surface area contributed by atoms with Gasteiger partial charge in [0.2, 0.25) is 5.88 Å². The third kappa shape index (κ3) is 1.41. The fraction of sp³-hybridized carbons (Fsp3) is 0.167. The highest BCUT2D eigenvalue weighted by atomic mass is 79.9. The first-order valence-corrected chi connectivity index (χ1v) is 3.80. The van der Waals surface area contributed by atoms with Gasteiger partial charge in [-0.1, -0.05) is 11.6 Å². The lowest BCUT2D eigenvalue weighted by Crippen LogP contribution is -1.81. The highest BCUT2D eigenvalue weighted by Crippen LogP contribution is 2.25. The number of hydrogen-bond acceptors (Lipinski definition) is 2. The molecular weight excluding hydrogens is 217 g/mol. The molecule has 0 radical (unpaired) electrons. The maximum absolute atomic E-state index is 9.01. The van der Waals surface area contributed by atoms with Gasteiger partial charge in [-0.25, -0.2) is 4.98 Å². The van der Waals surface area contributed by atoms with Crippen LogP contribution in [0.2, 0.25) is 5.15 Å². The fourth-order valence-corrected chi connectivity index (χ4v) is 1.12. The molecule has 0 fully saturated rings. The highest BCUT2D eigenvalue weighted by molar-refractivity contribution is 9.10. The smallest absolute Gasteiger partial charge is 0.215 e. The van der Waals surface area contributed by atoms with Crippen LogP contribution in [0.5, 0.6) is 5.88 Å². The number of halogens is 2. The van der Waals surface area contributed by atoms with Crippen LogP contribution >= 0.6 is 27.5 Å². The Bertz CT molecular complexity index is 214. The lowest BCUT2D eigenvalue weighted by atomic mass is 10.3. The first-order valence-electron chi connectivity index (χ1n) is 2.63. The van der Waals surface area contributed by atoms with E-state index in [2.05, 4.69) is 20.9 Å². The minimum atomic E-state index is -0.0202. The summed E-state index contributed by atoms with van der Waals surface area (Å²) in [5.74, 6) is -0.0202. The molecule has 1 heterocycles. The molecule has 54 valence electrons. The van der Waals surface area contributed by atoms with Crippen molar-refractivity contribution in [3.05, 3.63) is 21.3 Å². The molecule has 0 aliphatic rings. The predicted octanol–water partition coefficient (Wildman–Crippen LogP) is 2.51. The zero-order valence-corrected chi connectivity index (χ0v) is 7.57. The molecule has 1 N–H and O–H groups in total. The third-order valence-corrected chi connectivity index (χ3v) is 2.22. The van der Waals surface area contributed by atoms with Crippen molar-refractivity contribution in [2.45, 2.75) is 6.92 Å². The van der Waals surface area contributed by atoms with Crippen molar-refractivity contribution in [1.82, 2.24) is 4.98 Å². The third-order valence-electron chi connectivity index (χ3n) is 1.10. The van der Waals surface area contributed by atoms with Crippen molar-refractivity contribution in [2.75, 3.05) is 0 Å². The zero-order chi connectivity index (χ0) is 7.72. The van der Waals surface area contributed by atoms with Crippen LogP contribution in [0.1, 0.15) is 5.56 Å². The van der Waals surface area contributed by atoms with Crippen LogP contribution in [-0.4, -0.2) is 10.1 Å². The topological polar surface area (TPSA) is 33.1 Å². The van der Waals surface area contributed by atoms with Crippen LogP contribution in [0.3, 0.4) is 0 Å². The van der Waals surface area contributed by atoms with Crippen LogP contribution in [-0.2, 0) is 0 Å². The van der Waals surface area contributed by atoms with E-state index in [1.165, 1.54) is 0 Å². The van der Waals surface area contributed by atoms with Gasteiger partial charge in [-0.2, -0.15) is 0 Å². The van der Waals surface area contributed by atoms with Gasteiger partial charge >= 0.3 is 0 Å². The van der Waals surface area contributed by atoms with Crippen molar-refractivity contribution in [1.29, 1.82) is 0 Å². The van der Waals surface area contributed by atoms with E-state index in [0.29, 0.717) is 10.0 Å². The number of rotatable bonds is 0. The van der Waals surface area contributed by atoms with Crippen molar-refractivity contribution < 1.29 is 5.11 Å². The molecule has 1 rings (SSSR count). The van der Waals surface area contributed by atoms with Crippen molar-refractivity contribution in [3.8, 4) is 5.88 Å². The number of nitrogens with zero attached hydrogens (tertiary/aromatic N) is 1. The summed E-state index contributed by atoms with van der Waals surface area (Å²) < 4.78 is 0.699. The molecule has 0 spiro atoms. The number of aromatic nitrogens is 1. The van der Waals surface area contributed by atoms with Gasteiger partial charge in [0.05, 0.1) is 4.47 Å². The Kier molecular flexibility index (Phi) is 2.16. The van der Waals surface area contributed by atoms with Gasteiger partial charge in [0.25, 0.3) is 0 Å². The van der Waals surface area contributed by atoms with Crippen LogP contribution in [0, 0.1) is 6.92 Å². The van der Waals surface area contributed by atoms with Gasteiger partial charge in [0, 0.05) is 5.56 Å². The molecule has 4 heteroatoms. The largest absolute Gasteiger partial charge is 0.493 e. The second-order valence-electron chi connectivity index (χ2n) is 1.90. The van der Waals surface area contributed by atoms with Crippen LogP contribution in [0.25, 0.3) is 0 Å². The highest BCUT2D eigenvalue weighted by Gasteiger charge is 2.02. The summed E-state index contributed by atoms with van der Waals surface area (Å²) in [6, 6.07) is 1.71. The molecule has 0 unspecified atom stereocenters. The molecule has 1 aromatic rings. The zero-order valence-electron chi connectivity index (χ0n) is 5.23. The van der Waals surface area contributed by atoms with Gasteiger partial charge in [-0.3, -0.25) is 0 Å². The van der Waals surface area contributed by atoms with Gasteiger partial charge < -0.3 is 5.11 Å². The van der Waals surface area contributed by atoms with E-state index in [4.69, 9.17) is 16.7 Å². The average Bonchev–Trinajstić information content (AvgIpc) is 1.84. The van der Waals surface area contributed by atoms with Crippen LogP contribution < -0.4 is 0 Å². The Morgan fingerprint density at radius 3 is 2.80 bits per heavy atom. The second kappa shape index (κ2) is 2.76. The van der Waals surface area contributed by atoms with Crippen LogP contribution in [0.4, 0.5) is 0 Å². The fourth-order valence-electron chi connectivity index (χ4n) is 0.549. The van der Waals surface area contributed by atoms with Gasteiger partial charge in [0.1, 0.15) is 5.15 Å². The maximum atomic E-state index is 9.01. The standard InChI is InChI=1S/C6H5BrClNO/c1-3-2-4(7)5(8)9-6(3)10/h2H,1H3,(H,9,10). The van der Waals surface area contributed by atoms with Crippen molar-refractivity contribution in [3.63, 3.8) is 0 Å². The number of aryl methyl sites for hydroxylation is 1. The number of aromatic hydroxyl groups is 1. The monoisotopic (exact) mass is 221 g/mol. The van der Waals surface area contributed by atoms with E-state index >= 15 is 0 Å². The Hall–Kier alpha value is -0.280. The summed E-state index contributed by atoms with van der Waals surface area (Å²) in [6.45, 7) is 1.75. The molecule has 1 aromatic heterocycles. The molecule has 2 nitrogen and oxygen atoms in total. The molecule has 0 aliphatic carbocycles. The van der Waals surface area contributed by atoms with E-state index in [1.807, 2.05) is 0 Å². The summed E-state index contributed by atoms with van der Waals surface area (Å²) in [4.78, 5) is 3.65. The van der Waals surface area contributed by atoms with Gasteiger partial charge in [-0.15, -0.1) is 0 Å². The van der Waals surface area contributed by atoms with E-state index in [-0.39, 0.29) is 11.0 Å². The summed E-state index contributed by atoms with van der Waals surface area (Å²) in [6.07, 6.45) is 0. The minimum absolute atomic E-state index is 0.0202. The minimum Gasteiger partial charge on any atom is -0.493 e. The average molecular weight is 222 g/mol. The normalized spacial score (nSPS) is 9.90. The Labute approximate surface area is 72.0 Å². The Morgan fingerprint density at radius 2 is 2.30 bits per heavy atom. The van der Waals surface area contributed by atoms with Gasteiger partial charge in [-0.05, 0) is 28.9 Å². The molecule has 0 aromatic carbocycles. The number of hydrogen-bond donors (Lipinski definition) is 1. The van der Waals surface area contributed by atoms with E-state index in [9.17, 15) is 0 Å². The van der Waals surface area contributed by atoms with Crippen LogP contribution in [0.15, 0.2) is 10.5 Å². The van der Waals surface area contributed by atoms with Crippen molar-refractivity contribution in [2.24, 2.45) is 0 Å². The Balaban J connectivity index is 3.28. The summed E-state index contributed by atoms with van der Waals surface area (Å²) >= 11 is 8.74. The lowest BCUT2D eigenvalue weighted by Gasteiger charge is -1.98. The molecule has 0 saturated carbocycles.